The third-order valence-electron chi connectivity index (χ3n) is 1.03. The van der Waals surface area contributed by atoms with Gasteiger partial charge in [-0.1, -0.05) is 28.5 Å². The molecule has 0 aliphatic carbocycles. The van der Waals surface area contributed by atoms with Gasteiger partial charge in [0.15, 0.2) is 5.82 Å². The van der Waals surface area contributed by atoms with Crippen molar-refractivity contribution in [2.75, 3.05) is 5.34 Å². The molecule has 1 rings (SSSR count). The molecule has 0 aromatic heterocycles. The predicted octanol–water partition coefficient (Wildman–Crippen LogP) is 3.04. The van der Waals surface area contributed by atoms with Crippen molar-refractivity contribution in [3.63, 3.8) is 0 Å². The Balaban J connectivity index is 0.000001000. The van der Waals surface area contributed by atoms with E-state index in [1.807, 2.05) is 0 Å². The van der Waals surface area contributed by atoms with Gasteiger partial charge in [-0.25, -0.2) is 4.39 Å². The van der Waals surface area contributed by atoms with Crippen LogP contribution in [0.2, 0.25) is 0 Å². The van der Waals surface area contributed by atoms with E-state index >= 15 is 0 Å². The third-order valence-corrected chi connectivity index (χ3v) is 1.03. The number of para-hydroxylation sites is 1. The highest BCUT2D eigenvalue weighted by atomic mass is 19.4. The van der Waals surface area contributed by atoms with Crippen molar-refractivity contribution in [3.05, 3.63) is 30.1 Å². The Morgan fingerprint density at radius 2 is 1.64 bits per heavy atom. The molecule has 0 N–H and O–H groups in total. The molecule has 0 fully saturated rings. The molecule has 0 spiro atoms. The van der Waals surface area contributed by atoms with E-state index in [4.69, 9.17) is 0 Å². The quantitative estimate of drug-likeness (QED) is 0.575. The summed E-state index contributed by atoms with van der Waals surface area (Å²) in [5, 5.41) is -1.25. The molecule has 0 aliphatic heterocycles. The molecule has 0 saturated carbocycles. The van der Waals surface area contributed by atoms with Crippen LogP contribution in [0.5, 0.6) is 0 Å². The fourth-order valence-electron chi connectivity index (χ4n) is 0.589. The first-order chi connectivity index (χ1) is 4.72. The van der Waals surface area contributed by atoms with Gasteiger partial charge in [0, 0.05) is 0 Å². The summed E-state index contributed by atoms with van der Waals surface area (Å²) < 4.78 is 35.6. The minimum atomic E-state index is -1.25. The Kier molecular flexibility index (Phi) is 3.44. The van der Waals surface area contributed by atoms with Crippen LogP contribution < -0.4 is 5.34 Å². The van der Waals surface area contributed by atoms with Gasteiger partial charge in [0.05, 0.1) is 0 Å². The average molecular weight is 163 g/mol. The summed E-state index contributed by atoms with van der Waals surface area (Å²) in [7, 11) is 0. The van der Waals surface area contributed by atoms with E-state index in [2.05, 4.69) is 0 Å². The standard InChI is InChI=1S/C6H4F3N.CH4/c7-5-3-1-2-4-6(5)10(8)9;/h1-4H;1H4. The maximum Gasteiger partial charge on any atom is 0.152 e. The van der Waals surface area contributed by atoms with E-state index in [0.29, 0.717) is 0 Å². The van der Waals surface area contributed by atoms with Crippen LogP contribution in [0.1, 0.15) is 7.43 Å². The van der Waals surface area contributed by atoms with Crippen molar-refractivity contribution in [3.8, 4) is 0 Å². The molecular weight excluding hydrogens is 155 g/mol. The Bertz CT molecular complexity index is 225. The fraction of sp³-hybridized carbons (Fsp3) is 0.143. The maximum absolute atomic E-state index is 12.3. The van der Waals surface area contributed by atoms with E-state index in [-0.39, 0.29) is 7.43 Å². The fourth-order valence-corrected chi connectivity index (χ4v) is 0.589. The molecule has 0 aliphatic rings. The highest BCUT2D eigenvalue weighted by Gasteiger charge is 2.07. The minimum absolute atomic E-state index is 0. The van der Waals surface area contributed by atoms with Gasteiger partial charge in [-0.15, -0.1) is 0 Å². The molecular formula is C7H8F3N. The highest BCUT2D eigenvalue weighted by Crippen LogP contribution is 2.18. The SMILES string of the molecule is C.Fc1ccccc1N(F)F. The van der Waals surface area contributed by atoms with Gasteiger partial charge in [0.25, 0.3) is 0 Å². The largest absolute Gasteiger partial charge is 0.204 e. The van der Waals surface area contributed by atoms with Gasteiger partial charge in [-0.3, -0.25) is 0 Å². The third kappa shape index (κ3) is 2.14. The van der Waals surface area contributed by atoms with Crippen molar-refractivity contribution < 1.29 is 13.4 Å². The first-order valence-corrected chi connectivity index (χ1v) is 2.58. The summed E-state index contributed by atoms with van der Waals surface area (Å²) >= 11 is 0. The Hall–Kier alpha value is -1.19. The van der Waals surface area contributed by atoms with E-state index < -0.39 is 16.8 Å². The monoisotopic (exact) mass is 163 g/mol. The zero-order valence-electron chi connectivity index (χ0n) is 4.89. The zero-order chi connectivity index (χ0) is 7.56. The normalized spacial score (nSPS) is 8.64. The van der Waals surface area contributed by atoms with E-state index in [1.165, 1.54) is 12.1 Å². The van der Waals surface area contributed by atoms with Crippen molar-refractivity contribution in [1.82, 2.24) is 0 Å². The van der Waals surface area contributed by atoms with Gasteiger partial charge in [0.1, 0.15) is 5.69 Å². The number of benzene rings is 1. The van der Waals surface area contributed by atoms with Crippen molar-refractivity contribution >= 4 is 5.69 Å². The van der Waals surface area contributed by atoms with E-state index in [1.54, 1.807) is 0 Å². The maximum atomic E-state index is 12.3. The van der Waals surface area contributed by atoms with E-state index in [9.17, 15) is 13.4 Å². The van der Waals surface area contributed by atoms with Gasteiger partial charge < -0.3 is 0 Å². The van der Waals surface area contributed by atoms with Crippen LogP contribution in [-0.4, -0.2) is 0 Å². The van der Waals surface area contributed by atoms with Crippen LogP contribution in [0, 0.1) is 5.82 Å². The highest BCUT2D eigenvalue weighted by molar-refractivity contribution is 5.42. The van der Waals surface area contributed by atoms with Crippen LogP contribution in [0.3, 0.4) is 0 Å². The summed E-state index contributed by atoms with van der Waals surface area (Å²) in [6.45, 7) is 0. The molecule has 0 amide bonds. The van der Waals surface area contributed by atoms with Crippen molar-refractivity contribution in [1.29, 1.82) is 0 Å². The molecule has 62 valence electrons. The molecule has 0 unspecified atom stereocenters. The predicted molar refractivity (Wildman–Crippen MR) is 37.8 cm³/mol. The first-order valence-electron chi connectivity index (χ1n) is 2.58. The number of halogens is 3. The molecule has 1 nitrogen and oxygen atoms in total. The van der Waals surface area contributed by atoms with Gasteiger partial charge in [-0.2, -0.15) is 0 Å². The second-order valence-electron chi connectivity index (χ2n) is 1.68. The summed E-state index contributed by atoms with van der Waals surface area (Å²) in [5.41, 5.74) is -0.706. The lowest BCUT2D eigenvalue weighted by Crippen LogP contribution is -1.97. The second-order valence-corrected chi connectivity index (χ2v) is 1.68. The van der Waals surface area contributed by atoms with Crippen molar-refractivity contribution in [2.24, 2.45) is 0 Å². The molecule has 1 aromatic rings. The second kappa shape index (κ2) is 3.85. The molecule has 0 radical (unpaired) electrons. The zero-order valence-corrected chi connectivity index (χ0v) is 4.89. The molecule has 11 heavy (non-hydrogen) atoms. The molecule has 4 heteroatoms. The summed E-state index contributed by atoms with van der Waals surface area (Å²) in [6.07, 6.45) is 0. The smallest absolute Gasteiger partial charge is 0.152 e. The lowest BCUT2D eigenvalue weighted by Gasteiger charge is -2.00. The number of anilines is 1. The number of rotatable bonds is 1. The van der Waals surface area contributed by atoms with Gasteiger partial charge in [0.2, 0.25) is 0 Å². The van der Waals surface area contributed by atoms with Crippen LogP contribution in [0.4, 0.5) is 19.0 Å². The van der Waals surface area contributed by atoms with Crippen LogP contribution >= 0.6 is 0 Å². The average Bonchev–Trinajstić information content (AvgIpc) is 1.88. The summed E-state index contributed by atoms with van der Waals surface area (Å²) in [5.74, 6) is -0.924. The molecule has 0 bridgehead atoms. The van der Waals surface area contributed by atoms with Gasteiger partial charge in [-0.05, 0) is 17.5 Å². The lowest BCUT2D eigenvalue weighted by molar-refractivity contribution is 0.231. The van der Waals surface area contributed by atoms with Gasteiger partial charge >= 0.3 is 0 Å². The van der Waals surface area contributed by atoms with E-state index in [0.717, 1.165) is 12.1 Å². The molecule has 0 atom stereocenters. The van der Waals surface area contributed by atoms with Crippen LogP contribution in [0.15, 0.2) is 24.3 Å². The number of nitrogens with zero attached hydrogens (tertiary/aromatic N) is 1. The van der Waals surface area contributed by atoms with Crippen molar-refractivity contribution in [2.45, 2.75) is 7.43 Å². The van der Waals surface area contributed by atoms with Crippen LogP contribution in [0.25, 0.3) is 0 Å². The molecule has 0 heterocycles. The number of hydrogen-bond acceptors (Lipinski definition) is 1. The first kappa shape index (κ1) is 9.81. The number of hydrogen-bond donors (Lipinski definition) is 0. The Morgan fingerprint density at radius 1 is 1.09 bits per heavy atom. The Morgan fingerprint density at radius 3 is 2.00 bits per heavy atom. The summed E-state index contributed by atoms with van der Waals surface area (Å²) in [4.78, 5) is 0. The molecule has 1 aromatic carbocycles. The summed E-state index contributed by atoms with van der Waals surface area (Å²) in [6, 6.07) is 4.66. The Labute approximate surface area is 62.9 Å². The van der Waals surface area contributed by atoms with Crippen LogP contribution in [-0.2, 0) is 0 Å². The molecule has 0 saturated heterocycles. The topological polar surface area (TPSA) is 3.24 Å². The minimum Gasteiger partial charge on any atom is -0.204 e. The lowest BCUT2D eigenvalue weighted by atomic mass is 10.3.